The molecular weight excluding hydrogens is 450 g/mol. The molecule has 0 unspecified atom stereocenters. The number of nitrogens with one attached hydrogen (secondary N) is 1. The number of rotatable bonds is 7. The number of nitrogens with zero attached hydrogens (tertiary/aromatic N) is 4. The molecule has 0 spiro atoms. The number of pyridine rings is 1. The third kappa shape index (κ3) is 5.17. The molecule has 7 nitrogen and oxygen atoms in total. The van der Waals surface area contributed by atoms with Crippen LogP contribution in [0.2, 0.25) is 5.02 Å². The van der Waals surface area contributed by atoms with Crippen LogP contribution in [0.4, 0.5) is 11.4 Å². The minimum absolute atomic E-state index is 0.309. The highest BCUT2D eigenvalue weighted by Gasteiger charge is 2.22. The number of ether oxygens (including phenoxy) is 2. The van der Waals surface area contributed by atoms with Crippen LogP contribution in [-0.2, 0) is 6.61 Å². The third-order valence-electron chi connectivity index (χ3n) is 6.00. The Kier molecular flexibility index (Phi) is 6.94. The Morgan fingerprint density at radius 1 is 1.09 bits per heavy atom. The summed E-state index contributed by atoms with van der Waals surface area (Å²) in [7, 11) is 2.14. The molecule has 0 bridgehead atoms. The van der Waals surface area contributed by atoms with E-state index in [2.05, 4.69) is 38.2 Å². The van der Waals surface area contributed by atoms with E-state index in [1.165, 1.54) is 0 Å². The average molecular weight is 478 g/mol. The minimum atomic E-state index is 0.309. The Balaban J connectivity index is 1.30. The molecule has 2 aliphatic rings. The van der Waals surface area contributed by atoms with E-state index < -0.39 is 0 Å². The molecule has 34 heavy (non-hydrogen) atoms. The van der Waals surface area contributed by atoms with Crippen molar-refractivity contribution in [2.75, 3.05) is 44.9 Å². The molecule has 3 heterocycles. The Hall–Kier alpha value is -3.13. The van der Waals surface area contributed by atoms with Crippen LogP contribution in [0, 0.1) is 0 Å². The van der Waals surface area contributed by atoms with E-state index in [0.717, 1.165) is 48.0 Å². The second-order valence-corrected chi connectivity index (χ2v) is 8.93. The fourth-order valence-corrected chi connectivity index (χ4v) is 4.47. The molecule has 2 aromatic carbocycles. The zero-order valence-corrected chi connectivity index (χ0v) is 19.9. The van der Waals surface area contributed by atoms with Gasteiger partial charge in [-0.05, 0) is 49.5 Å². The SMILES string of the molecule is CN1CCN[C@@H](COc2cccc3c2C=NCN3c2ccc(OCc3ccccn3)c(Cl)c2)C1. The lowest BCUT2D eigenvalue weighted by Crippen LogP contribution is -2.51. The zero-order chi connectivity index (χ0) is 23.3. The smallest absolute Gasteiger partial charge is 0.138 e. The van der Waals surface area contributed by atoms with Crippen LogP contribution in [0.5, 0.6) is 11.5 Å². The molecular formula is C26H28ClN5O2. The summed E-state index contributed by atoms with van der Waals surface area (Å²) >= 11 is 6.57. The van der Waals surface area contributed by atoms with Gasteiger partial charge in [0.15, 0.2) is 0 Å². The number of piperazine rings is 1. The molecule has 1 atom stereocenters. The summed E-state index contributed by atoms with van der Waals surface area (Å²) in [6.07, 6.45) is 3.65. The highest BCUT2D eigenvalue weighted by molar-refractivity contribution is 6.32. The topological polar surface area (TPSA) is 62.2 Å². The maximum atomic E-state index is 6.57. The van der Waals surface area contributed by atoms with Gasteiger partial charge in [-0.25, -0.2) is 0 Å². The van der Waals surface area contributed by atoms with Gasteiger partial charge in [0.2, 0.25) is 0 Å². The highest BCUT2D eigenvalue weighted by atomic mass is 35.5. The van der Waals surface area contributed by atoms with E-state index in [-0.39, 0.29) is 0 Å². The van der Waals surface area contributed by atoms with Crippen molar-refractivity contribution in [1.29, 1.82) is 0 Å². The first-order valence-corrected chi connectivity index (χ1v) is 11.8. The van der Waals surface area contributed by atoms with Crippen molar-refractivity contribution in [2.24, 2.45) is 4.99 Å². The van der Waals surface area contributed by atoms with E-state index in [0.29, 0.717) is 36.7 Å². The maximum absolute atomic E-state index is 6.57. The molecule has 5 rings (SSSR count). The zero-order valence-electron chi connectivity index (χ0n) is 19.2. The lowest BCUT2D eigenvalue weighted by Gasteiger charge is -2.32. The van der Waals surface area contributed by atoms with Crippen LogP contribution in [-0.4, -0.2) is 62.1 Å². The summed E-state index contributed by atoms with van der Waals surface area (Å²) in [4.78, 5) is 13.3. The summed E-state index contributed by atoms with van der Waals surface area (Å²) in [6.45, 7) is 4.51. The summed E-state index contributed by atoms with van der Waals surface area (Å²) in [6, 6.07) is 18.0. The maximum Gasteiger partial charge on any atom is 0.138 e. The van der Waals surface area contributed by atoms with Gasteiger partial charge < -0.3 is 24.6 Å². The van der Waals surface area contributed by atoms with Crippen LogP contribution < -0.4 is 19.7 Å². The Morgan fingerprint density at radius 3 is 2.85 bits per heavy atom. The summed E-state index contributed by atoms with van der Waals surface area (Å²) in [5, 5.41) is 4.07. The Morgan fingerprint density at radius 2 is 2.03 bits per heavy atom. The third-order valence-corrected chi connectivity index (χ3v) is 6.30. The molecule has 1 aromatic heterocycles. The number of benzene rings is 2. The second kappa shape index (κ2) is 10.4. The lowest BCUT2D eigenvalue weighted by atomic mass is 10.1. The fraction of sp³-hybridized carbons (Fsp3) is 0.308. The number of aliphatic imine (C=N–C) groups is 1. The van der Waals surface area contributed by atoms with E-state index in [4.69, 9.17) is 21.1 Å². The highest BCUT2D eigenvalue weighted by Crippen LogP contribution is 2.38. The van der Waals surface area contributed by atoms with Crippen LogP contribution in [0.25, 0.3) is 0 Å². The van der Waals surface area contributed by atoms with E-state index in [1.807, 2.05) is 54.7 Å². The normalized spacial score (nSPS) is 17.9. The van der Waals surface area contributed by atoms with Gasteiger partial charge in [0, 0.05) is 37.7 Å². The minimum Gasteiger partial charge on any atom is -0.491 e. The molecule has 0 aliphatic carbocycles. The van der Waals surface area contributed by atoms with Gasteiger partial charge in [-0.2, -0.15) is 0 Å². The number of likely N-dealkylation sites (N-methyl/N-ethyl adjacent to an activating group) is 1. The Labute approximate surface area is 205 Å². The standard InChI is InChI=1S/C26H28ClN5O2/c1-31-12-11-30-20(15-31)17-33-25-7-4-6-24-22(25)14-28-18-32(24)21-8-9-26(23(27)13-21)34-16-19-5-2-3-10-29-19/h2-10,13-14,20,30H,11-12,15-18H2,1H3/t20-/m1/s1. The predicted octanol–water partition coefficient (Wildman–Crippen LogP) is 4.12. The summed E-state index contributed by atoms with van der Waals surface area (Å²) in [5.74, 6) is 1.46. The average Bonchev–Trinajstić information content (AvgIpc) is 2.87. The van der Waals surface area contributed by atoms with Gasteiger partial charge in [0.25, 0.3) is 0 Å². The molecule has 1 N–H and O–H groups in total. The first-order chi connectivity index (χ1) is 16.7. The molecule has 0 saturated carbocycles. The van der Waals surface area contributed by atoms with E-state index in [1.54, 1.807) is 6.20 Å². The number of hydrogen-bond donors (Lipinski definition) is 1. The summed E-state index contributed by atoms with van der Waals surface area (Å²) in [5.41, 5.74) is 3.81. The molecule has 0 radical (unpaired) electrons. The number of fused-ring (bicyclic) bond motifs is 1. The van der Waals surface area contributed by atoms with Crippen molar-refractivity contribution in [2.45, 2.75) is 12.6 Å². The number of halogens is 1. The van der Waals surface area contributed by atoms with Crippen LogP contribution in [0.1, 0.15) is 11.3 Å². The van der Waals surface area contributed by atoms with Gasteiger partial charge >= 0.3 is 0 Å². The monoisotopic (exact) mass is 477 g/mol. The summed E-state index contributed by atoms with van der Waals surface area (Å²) < 4.78 is 12.1. The quantitative estimate of drug-likeness (QED) is 0.552. The van der Waals surface area contributed by atoms with Crippen molar-refractivity contribution >= 4 is 29.2 Å². The van der Waals surface area contributed by atoms with Crippen molar-refractivity contribution in [3.63, 3.8) is 0 Å². The second-order valence-electron chi connectivity index (χ2n) is 8.52. The lowest BCUT2D eigenvalue weighted by molar-refractivity contribution is 0.180. The predicted molar refractivity (Wildman–Crippen MR) is 136 cm³/mol. The van der Waals surface area contributed by atoms with Crippen LogP contribution in [0.15, 0.2) is 65.8 Å². The molecule has 8 heteroatoms. The first kappa shape index (κ1) is 22.7. The first-order valence-electron chi connectivity index (χ1n) is 11.4. The number of aromatic nitrogens is 1. The molecule has 3 aromatic rings. The van der Waals surface area contributed by atoms with Crippen molar-refractivity contribution in [1.82, 2.24) is 15.2 Å². The van der Waals surface area contributed by atoms with Gasteiger partial charge in [-0.3, -0.25) is 9.98 Å². The van der Waals surface area contributed by atoms with Crippen LogP contribution in [0.3, 0.4) is 0 Å². The molecule has 1 fully saturated rings. The van der Waals surface area contributed by atoms with Gasteiger partial charge in [-0.1, -0.05) is 23.7 Å². The van der Waals surface area contributed by atoms with Gasteiger partial charge in [-0.15, -0.1) is 0 Å². The van der Waals surface area contributed by atoms with Crippen molar-refractivity contribution < 1.29 is 9.47 Å². The molecule has 176 valence electrons. The molecule has 1 saturated heterocycles. The van der Waals surface area contributed by atoms with E-state index in [9.17, 15) is 0 Å². The fourth-order valence-electron chi connectivity index (χ4n) is 4.24. The van der Waals surface area contributed by atoms with E-state index >= 15 is 0 Å². The number of hydrogen-bond acceptors (Lipinski definition) is 7. The van der Waals surface area contributed by atoms with Gasteiger partial charge in [0.1, 0.15) is 31.4 Å². The number of anilines is 2. The molecule has 2 aliphatic heterocycles. The van der Waals surface area contributed by atoms with Crippen LogP contribution >= 0.6 is 11.6 Å². The Bertz CT molecular complexity index is 1160. The molecule has 0 amide bonds. The largest absolute Gasteiger partial charge is 0.491 e. The van der Waals surface area contributed by atoms with Gasteiger partial charge in [0.05, 0.1) is 28.0 Å². The van der Waals surface area contributed by atoms with Crippen molar-refractivity contribution in [3.05, 3.63) is 77.1 Å². The van der Waals surface area contributed by atoms with Crippen molar-refractivity contribution in [3.8, 4) is 11.5 Å².